The van der Waals surface area contributed by atoms with E-state index in [-0.39, 0.29) is 12.7 Å². The summed E-state index contributed by atoms with van der Waals surface area (Å²) in [5.74, 6) is 0. The van der Waals surface area contributed by atoms with E-state index in [1.807, 2.05) is 44.2 Å². The first kappa shape index (κ1) is 10.5. The Morgan fingerprint density at radius 3 is 2.47 bits per heavy atom. The van der Waals surface area contributed by atoms with Crippen molar-refractivity contribution in [3.63, 3.8) is 0 Å². The molecule has 0 aliphatic carbocycles. The van der Waals surface area contributed by atoms with E-state index in [2.05, 4.69) is 6.58 Å². The van der Waals surface area contributed by atoms with Crippen LogP contribution in [0.5, 0.6) is 0 Å². The van der Waals surface area contributed by atoms with E-state index in [9.17, 15) is 0 Å². The van der Waals surface area contributed by atoms with E-state index in [0.717, 1.165) is 11.0 Å². The summed E-state index contributed by atoms with van der Waals surface area (Å²) < 4.78 is 11.3. The average Bonchev–Trinajstić information content (AvgIpc) is 2.59. The highest BCUT2D eigenvalue weighted by atomic mass is 16.7. The van der Waals surface area contributed by atoms with Gasteiger partial charge in [0.15, 0.2) is 0 Å². The molecule has 1 aromatic carbocycles. The van der Waals surface area contributed by atoms with Crippen LogP contribution in [0.4, 0.5) is 0 Å². The number of rotatable bonds is 2. The zero-order valence-corrected chi connectivity index (χ0v) is 9.19. The van der Waals surface area contributed by atoms with Crippen molar-refractivity contribution in [1.29, 1.82) is 0 Å². The Balaban J connectivity index is 2.14. The Morgan fingerprint density at radius 2 is 2.00 bits per heavy atom. The monoisotopic (exact) mass is 202 g/mol. The van der Waals surface area contributed by atoms with E-state index < -0.39 is 0 Å². The summed E-state index contributed by atoms with van der Waals surface area (Å²) >= 11 is 0. The molecule has 15 heavy (non-hydrogen) atoms. The van der Waals surface area contributed by atoms with Gasteiger partial charge in [-0.2, -0.15) is 0 Å². The van der Waals surface area contributed by atoms with E-state index >= 15 is 0 Å². The van der Waals surface area contributed by atoms with Crippen LogP contribution in [0.1, 0.15) is 19.4 Å². The highest BCUT2D eigenvalue weighted by Crippen LogP contribution is 2.19. The molecule has 0 saturated carbocycles. The highest BCUT2D eigenvalue weighted by Gasteiger charge is 2.37. The summed E-state index contributed by atoms with van der Waals surface area (Å²) in [5, 5.41) is 0. The molecule has 0 atom stereocenters. The van der Waals surface area contributed by atoms with Gasteiger partial charge in [-0.25, -0.2) is 0 Å². The largest absolute Gasteiger partial charge is 0.494 e. The smallest absolute Gasteiger partial charge is 0.404 e. The Morgan fingerprint density at radius 1 is 1.33 bits per heavy atom. The molecule has 2 rings (SSSR count). The third-order valence-corrected chi connectivity index (χ3v) is 2.45. The van der Waals surface area contributed by atoms with Crippen LogP contribution in [0, 0.1) is 0 Å². The maximum Gasteiger partial charge on any atom is 0.494 e. The van der Waals surface area contributed by atoms with Crippen molar-refractivity contribution in [2.24, 2.45) is 0 Å². The number of benzene rings is 1. The molecule has 0 bridgehead atoms. The zero-order valence-electron chi connectivity index (χ0n) is 9.19. The highest BCUT2D eigenvalue weighted by molar-refractivity contribution is 6.61. The minimum atomic E-state index is -0.223. The summed E-state index contributed by atoms with van der Waals surface area (Å²) in [4.78, 5) is 0. The SMILES string of the molecule is C=Cc1ccc(B2OCC(C)(C)O2)cc1. The summed E-state index contributed by atoms with van der Waals surface area (Å²) in [5.41, 5.74) is 1.99. The molecule has 1 fully saturated rings. The van der Waals surface area contributed by atoms with Crippen LogP contribution in [-0.4, -0.2) is 19.3 Å². The third-order valence-electron chi connectivity index (χ3n) is 2.45. The summed E-state index contributed by atoms with van der Waals surface area (Å²) in [7, 11) is -0.223. The fraction of sp³-hybridized carbons (Fsp3) is 0.333. The molecule has 0 N–H and O–H groups in total. The first-order chi connectivity index (χ1) is 7.11. The lowest BCUT2D eigenvalue weighted by molar-refractivity contribution is 0.137. The fourth-order valence-electron chi connectivity index (χ4n) is 1.59. The molecule has 1 heterocycles. The first-order valence-electron chi connectivity index (χ1n) is 5.12. The number of hydrogen-bond acceptors (Lipinski definition) is 2. The van der Waals surface area contributed by atoms with E-state index in [4.69, 9.17) is 9.31 Å². The molecule has 0 unspecified atom stereocenters. The van der Waals surface area contributed by atoms with Gasteiger partial charge in [0.1, 0.15) is 0 Å². The molecule has 3 heteroatoms. The molecular formula is C12H15BO2. The number of hydrogen-bond donors (Lipinski definition) is 0. The fourth-order valence-corrected chi connectivity index (χ4v) is 1.59. The van der Waals surface area contributed by atoms with Gasteiger partial charge in [0.05, 0.1) is 12.2 Å². The van der Waals surface area contributed by atoms with Crippen molar-refractivity contribution in [2.45, 2.75) is 19.4 Å². The quantitative estimate of drug-likeness (QED) is 0.681. The lowest BCUT2D eigenvalue weighted by Gasteiger charge is -2.15. The van der Waals surface area contributed by atoms with Crippen molar-refractivity contribution in [1.82, 2.24) is 0 Å². The minimum Gasteiger partial charge on any atom is -0.404 e. The second-order valence-corrected chi connectivity index (χ2v) is 4.39. The molecular weight excluding hydrogens is 187 g/mol. The van der Waals surface area contributed by atoms with Crippen LogP contribution in [0.2, 0.25) is 0 Å². The standard InChI is InChI=1S/C12H15BO2/c1-4-10-5-7-11(8-6-10)13-14-9-12(2,3)15-13/h4-8H,1,9H2,2-3H3. The molecule has 1 aliphatic heterocycles. The van der Waals surface area contributed by atoms with Gasteiger partial charge in [0.2, 0.25) is 0 Å². The second-order valence-electron chi connectivity index (χ2n) is 4.39. The Hall–Kier alpha value is -1.06. The predicted octanol–water partition coefficient (Wildman–Crippen LogP) is 1.85. The second kappa shape index (κ2) is 3.84. The normalized spacial score (nSPS) is 19.2. The Kier molecular flexibility index (Phi) is 2.68. The van der Waals surface area contributed by atoms with Crippen LogP contribution in [-0.2, 0) is 9.31 Å². The third kappa shape index (κ3) is 2.30. The van der Waals surface area contributed by atoms with Gasteiger partial charge >= 0.3 is 7.12 Å². The van der Waals surface area contributed by atoms with E-state index in [1.165, 1.54) is 0 Å². The van der Waals surface area contributed by atoms with Gasteiger partial charge in [-0.1, -0.05) is 36.9 Å². The van der Waals surface area contributed by atoms with Gasteiger partial charge in [-0.05, 0) is 24.9 Å². The van der Waals surface area contributed by atoms with Crippen LogP contribution in [0.25, 0.3) is 6.08 Å². The molecule has 0 aromatic heterocycles. The molecule has 2 nitrogen and oxygen atoms in total. The molecule has 0 spiro atoms. The van der Waals surface area contributed by atoms with Gasteiger partial charge < -0.3 is 9.31 Å². The van der Waals surface area contributed by atoms with E-state index in [1.54, 1.807) is 0 Å². The van der Waals surface area contributed by atoms with Crippen molar-refractivity contribution < 1.29 is 9.31 Å². The van der Waals surface area contributed by atoms with Crippen LogP contribution < -0.4 is 5.46 Å². The predicted molar refractivity (Wildman–Crippen MR) is 63.0 cm³/mol. The van der Waals surface area contributed by atoms with Gasteiger partial charge in [0, 0.05) is 0 Å². The maximum atomic E-state index is 5.76. The van der Waals surface area contributed by atoms with Crippen molar-refractivity contribution in [3.8, 4) is 0 Å². The van der Waals surface area contributed by atoms with Crippen LogP contribution in [0.3, 0.4) is 0 Å². The summed E-state index contributed by atoms with van der Waals surface area (Å²) in [6.07, 6.45) is 1.82. The van der Waals surface area contributed by atoms with Gasteiger partial charge in [0.25, 0.3) is 0 Å². The maximum absolute atomic E-state index is 5.76. The lowest BCUT2D eigenvalue weighted by atomic mass is 9.79. The Labute approximate surface area is 91.0 Å². The van der Waals surface area contributed by atoms with Crippen molar-refractivity contribution >= 4 is 18.7 Å². The molecule has 1 saturated heterocycles. The zero-order chi connectivity index (χ0) is 10.9. The van der Waals surface area contributed by atoms with Gasteiger partial charge in [-0.3, -0.25) is 0 Å². The lowest BCUT2D eigenvalue weighted by Crippen LogP contribution is -2.34. The molecule has 78 valence electrons. The molecule has 0 amide bonds. The average molecular weight is 202 g/mol. The van der Waals surface area contributed by atoms with Crippen LogP contribution >= 0.6 is 0 Å². The summed E-state index contributed by atoms with van der Waals surface area (Å²) in [6.45, 7) is 8.42. The first-order valence-corrected chi connectivity index (χ1v) is 5.12. The van der Waals surface area contributed by atoms with Crippen molar-refractivity contribution in [3.05, 3.63) is 36.4 Å². The van der Waals surface area contributed by atoms with Crippen LogP contribution in [0.15, 0.2) is 30.8 Å². The van der Waals surface area contributed by atoms with E-state index in [0.29, 0.717) is 6.61 Å². The minimum absolute atomic E-state index is 0.179. The van der Waals surface area contributed by atoms with Gasteiger partial charge in [-0.15, -0.1) is 0 Å². The molecule has 1 aliphatic rings. The molecule has 0 radical (unpaired) electrons. The summed E-state index contributed by atoms with van der Waals surface area (Å²) in [6, 6.07) is 8.06. The van der Waals surface area contributed by atoms with Crippen molar-refractivity contribution in [2.75, 3.05) is 6.61 Å². The molecule has 1 aromatic rings. The Bertz CT molecular complexity index is 356. The topological polar surface area (TPSA) is 18.5 Å².